The highest BCUT2D eigenvalue weighted by Gasteiger charge is 2.55. The SMILES string of the molecule is C1CCC(C2CC(C3CCC4CCCCC4C3)CC(C3CC(C4CCCCC4)C4CC5CC6CCCCC6CC5C4C3)C2)CC1. The molecule has 0 aromatic heterocycles. The maximum absolute atomic E-state index is 1.70. The zero-order chi connectivity index (χ0) is 29.7. The summed E-state index contributed by atoms with van der Waals surface area (Å²) < 4.78 is 0. The third-order valence-corrected chi connectivity index (χ3v) is 18.5. The van der Waals surface area contributed by atoms with Gasteiger partial charge in [0.2, 0.25) is 0 Å². The summed E-state index contributed by atoms with van der Waals surface area (Å²) in [5, 5.41) is 0. The van der Waals surface area contributed by atoms with Crippen LogP contribution < -0.4 is 0 Å². The predicted octanol–water partition coefficient (Wildman–Crippen LogP) is 13.3. The van der Waals surface area contributed by atoms with Crippen LogP contribution in [0.25, 0.3) is 0 Å². The smallest absolute Gasteiger partial charge is 0.0349 e. The molecule has 0 aromatic carbocycles. The summed E-state index contributed by atoms with van der Waals surface area (Å²) in [4.78, 5) is 0. The molecule has 0 spiro atoms. The molecule has 9 aliphatic carbocycles. The van der Waals surface area contributed by atoms with E-state index in [9.17, 15) is 0 Å². The Labute approximate surface area is 280 Å². The molecular formula is C45H74. The lowest BCUT2D eigenvalue weighted by molar-refractivity contribution is -0.0207. The van der Waals surface area contributed by atoms with Crippen LogP contribution in [0.1, 0.15) is 186 Å². The summed E-state index contributed by atoms with van der Waals surface area (Å²) in [6, 6.07) is 0. The maximum Gasteiger partial charge on any atom is -0.0349 e. The van der Waals surface area contributed by atoms with Crippen LogP contribution in [-0.2, 0) is 0 Å². The van der Waals surface area contributed by atoms with E-state index in [1.54, 1.807) is 186 Å². The molecular weight excluding hydrogens is 540 g/mol. The lowest BCUT2D eigenvalue weighted by Gasteiger charge is -2.52. The molecule has 0 heterocycles. The average molecular weight is 615 g/mol. The van der Waals surface area contributed by atoms with Crippen molar-refractivity contribution in [3.05, 3.63) is 0 Å². The van der Waals surface area contributed by atoms with Crippen LogP contribution in [0.4, 0.5) is 0 Å². The second-order valence-electron chi connectivity index (χ2n) is 20.3. The van der Waals surface area contributed by atoms with Crippen LogP contribution >= 0.6 is 0 Å². The van der Waals surface area contributed by atoms with E-state index in [1.165, 1.54) is 0 Å². The quantitative estimate of drug-likeness (QED) is 0.295. The van der Waals surface area contributed by atoms with Crippen LogP contribution in [0.5, 0.6) is 0 Å². The van der Waals surface area contributed by atoms with Gasteiger partial charge in [0.05, 0.1) is 0 Å². The van der Waals surface area contributed by atoms with Crippen LogP contribution in [0, 0.1) is 94.7 Å². The van der Waals surface area contributed by atoms with Crippen molar-refractivity contribution in [3.63, 3.8) is 0 Å². The number of hydrogen-bond acceptors (Lipinski definition) is 0. The van der Waals surface area contributed by atoms with Crippen molar-refractivity contribution in [1.82, 2.24) is 0 Å². The van der Waals surface area contributed by atoms with Gasteiger partial charge in [-0.2, -0.15) is 0 Å². The summed E-state index contributed by atoms with van der Waals surface area (Å²) in [7, 11) is 0. The number of fused-ring (bicyclic) bond motifs is 5. The molecule has 0 heteroatoms. The average Bonchev–Trinajstić information content (AvgIpc) is 3.47. The highest BCUT2D eigenvalue weighted by Crippen LogP contribution is 2.64. The van der Waals surface area contributed by atoms with E-state index < -0.39 is 0 Å². The van der Waals surface area contributed by atoms with E-state index in [-0.39, 0.29) is 0 Å². The first-order valence-electron chi connectivity index (χ1n) is 22.3. The van der Waals surface area contributed by atoms with Crippen LogP contribution in [-0.4, -0.2) is 0 Å². The molecule has 0 nitrogen and oxygen atoms in total. The van der Waals surface area contributed by atoms with Crippen molar-refractivity contribution in [2.45, 2.75) is 186 Å². The molecule has 0 amide bonds. The second-order valence-corrected chi connectivity index (χ2v) is 20.3. The minimum Gasteiger partial charge on any atom is -0.0533 e. The van der Waals surface area contributed by atoms with Gasteiger partial charge in [0.15, 0.2) is 0 Å². The van der Waals surface area contributed by atoms with Gasteiger partial charge in [-0.05, 0) is 165 Å². The molecule has 14 unspecified atom stereocenters. The molecule has 254 valence electrons. The molecule has 0 radical (unpaired) electrons. The summed E-state index contributed by atoms with van der Waals surface area (Å²) >= 11 is 0. The van der Waals surface area contributed by atoms with Crippen LogP contribution in [0.15, 0.2) is 0 Å². The van der Waals surface area contributed by atoms with Gasteiger partial charge in [-0.15, -0.1) is 0 Å². The molecule has 0 aliphatic heterocycles. The first kappa shape index (κ1) is 31.0. The van der Waals surface area contributed by atoms with Crippen molar-refractivity contribution in [1.29, 1.82) is 0 Å². The van der Waals surface area contributed by atoms with Crippen molar-refractivity contribution in [2.24, 2.45) is 94.7 Å². The fourth-order valence-corrected chi connectivity index (χ4v) is 16.5. The van der Waals surface area contributed by atoms with Crippen molar-refractivity contribution in [3.8, 4) is 0 Å². The molecule has 9 aliphatic rings. The molecule has 0 saturated heterocycles. The fraction of sp³-hybridized carbons (Fsp3) is 1.00. The topological polar surface area (TPSA) is 0 Å². The van der Waals surface area contributed by atoms with E-state index >= 15 is 0 Å². The monoisotopic (exact) mass is 615 g/mol. The third-order valence-electron chi connectivity index (χ3n) is 18.5. The molecule has 9 fully saturated rings. The predicted molar refractivity (Wildman–Crippen MR) is 190 cm³/mol. The summed E-state index contributed by atoms with van der Waals surface area (Å²) in [6.45, 7) is 0. The summed E-state index contributed by atoms with van der Waals surface area (Å²) in [6.07, 6.45) is 46.8. The Morgan fingerprint density at radius 1 is 0.156 bits per heavy atom. The Kier molecular flexibility index (Phi) is 9.46. The summed E-state index contributed by atoms with van der Waals surface area (Å²) in [5.74, 6) is 18.0. The van der Waals surface area contributed by atoms with Gasteiger partial charge in [-0.1, -0.05) is 116 Å². The van der Waals surface area contributed by atoms with E-state index in [0.717, 1.165) is 94.7 Å². The van der Waals surface area contributed by atoms with Crippen molar-refractivity contribution in [2.75, 3.05) is 0 Å². The largest absolute Gasteiger partial charge is 0.0533 e. The van der Waals surface area contributed by atoms with Gasteiger partial charge in [0, 0.05) is 0 Å². The van der Waals surface area contributed by atoms with E-state index in [0.29, 0.717) is 0 Å². The first-order valence-corrected chi connectivity index (χ1v) is 22.3. The molecule has 0 bridgehead atoms. The normalized spacial score (nSPS) is 51.5. The molecule has 14 atom stereocenters. The maximum atomic E-state index is 1.70. The minimum atomic E-state index is 1.11. The van der Waals surface area contributed by atoms with Gasteiger partial charge in [-0.25, -0.2) is 0 Å². The second kappa shape index (κ2) is 13.7. The summed E-state index contributed by atoms with van der Waals surface area (Å²) in [5.41, 5.74) is 0. The lowest BCUT2D eigenvalue weighted by Crippen LogP contribution is -2.43. The molecule has 0 aromatic rings. The molecule has 9 rings (SSSR count). The number of rotatable bonds is 4. The molecule has 45 heavy (non-hydrogen) atoms. The van der Waals surface area contributed by atoms with Crippen LogP contribution in [0.3, 0.4) is 0 Å². The highest BCUT2D eigenvalue weighted by atomic mass is 14.6. The highest BCUT2D eigenvalue weighted by molar-refractivity contribution is 5.05. The zero-order valence-electron chi connectivity index (χ0n) is 29.7. The standard InChI is InChI=1S/C45H74/c1-3-11-30(12-4-1)37-23-38(36-20-19-31-13-7-8-16-33(31)21-36)25-39(24-37)40-27-42(32-14-5-2-6-15-32)45-29-41-22-34-17-9-10-18-35(34)26-43(41)44(45)28-40/h30-45H,1-29H2. The Balaban J connectivity index is 0.972. The Morgan fingerprint density at radius 3 is 1.11 bits per heavy atom. The van der Waals surface area contributed by atoms with E-state index in [2.05, 4.69) is 0 Å². The van der Waals surface area contributed by atoms with E-state index in [4.69, 9.17) is 0 Å². The lowest BCUT2D eigenvalue weighted by atomic mass is 9.53. The molecule has 9 saturated carbocycles. The van der Waals surface area contributed by atoms with Crippen molar-refractivity contribution >= 4 is 0 Å². The molecule has 0 N–H and O–H groups in total. The van der Waals surface area contributed by atoms with Gasteiger partial charge in [-0.3, -0.25) is 0 Å². The van der Waals surface area contributed by atoms with Gasteiger partial charge in [0.25, 0.3) is 0 Å². The van der Waals surface area contributed by atoms with Gasteiger partial charge in [0.1, 0.15) is 0 Å². The van der Waals surface area contributed by atoms with E-state index in [1.807, 2.05) is 0 Å². The van der Waals surface area contributed by atoms with Crippen molar-refractivity contribution < 1.29 is 0 Å². The van der Waals surface area contributed by atoms with Gasteiger partial charge >= 0.3 is 0 Å². The first-order chi connectivity index (χ1) is 22.3. The Bertz CT molecular complexity index is 953. The minimum absolute atomic E-state index is 1.11. The zero-order valence-corrected chi connectivity index (χ0v) is 29.7. The third kappa shape index (κ3) is 6.30. The fourth-order valence-electron chi connectivity index (χ4n) is 16.5. The Morgan fingerprint density at radius 2 is 0.444 bits per heavy atom. The van der Waals surface area contributed by atoms with Crippen LogP contribution in [0.2, 0.25) is 0 Å². The Hall–Kier alpha value is 0. The number of hydrogen-bond donors (Lipinski definition) is 0. The van der Waals surface area contributed by atoms with Gasteiger partial charge < -0.3 is 0 Å².